The van der Waals surface area contributed by atoms with Gasteiger partial charge in [-0.15, -0.1) is 0 Å². The van der Waals surface area contributed by atoms with E-state index in [1.807, 2.05) is 0 Å². The zero-order chi connectivity index (χ0) is 14.7. The van der Waals surface area contributed by atoms with E-state index in [-0.39, 0.29) is 18.6 Å². The SMILES string of the molecule is CCN(C1CCC(N)CC1)S(=O)(=O)NCC(F)(F)F. The van der Waals surface area contributed by atoms with Crippen LogP contribution < -0.4 is 10.5 Å². The minimum absolute atomic E-state index is 0.0563. The second-order valence-corrected chi connectivity index (χ2v) is 6.42. The summed E-state index contributed by atoms with van der Waals surface area (Å²) in [7, 11) is -4.10. The van der Waals surface area contributed by atoms with Crippen LogP contribution in [0.2, 0.25) is 0 Å². The van der Waals surface area contributed by atoms with Crippen molar-refractivity contribution < 1.29 is 21.6 Å². The van der Waals surface area contributed by atoms with Gasteiger partial charge < -0.3 is 5.73 Å². The Labute approximate surface area is 111 Å². The molecule has 0 aliphatic heterocycles. The van der Waals surface area contributed by atoms with Crippen LogP contribution >= 0.6 is 0 Å². The van der Waals surface area contributed by atoms with Gasteiger partial charge in [-0.3, -0.25) is 0 Å². The molecule has 0 aromatic heterocycles. The van der Waals surface area contributed by atoms with Gasteiger partial charge in [-0.25, -0.2) is 0 Å². The van der Waals surface area contributed by atoms with Crippen LogP contribution in [0.4, 0.5) is 13.2 Å². The Balaban J connectivity index is 2.67. The highest BCUT2D eigenvalue weighted by atomic mass is 32.2. The zero-order valence-electron chi connectivity index (χ0n) is 10.8. The van der Waals surface area contributed by atoms with Crippen LogP contribution in [0, 0.1) is 0 Å². The second kappa shape index (κ2) is 6.38. The molecular weight excluding hydrogens is 283 g/mol. The smallest absolute Gasteiger partial charge is 0.328 e. The molecule has 3 N–H and O–H groups in total. The minimum atomic E-state index is -4.55. The van der Waals surface area contributed by atoms with Gasteiger partial charge in [0.2, 0.25) is 0 Å². The van der Waals surface area contributed by atoms with Gasteiger partial charge >= 0.3 is 6.18 Å². The molecule has 0 bridgehead atoms. The number of nitrogens with two attached hydrogens (primary N) is 1. The Morgan fingerprint density at radius 3 is 2.21 bits per heavy atom. The first-order valence-corrected chi connectivity index (χ1v) is 7.68. The second-order valence-electron chi connectivity index (χ2n) is 4.71. The standard InChI is InChI=1S/C10H20F3N3O2S/c1-2-16(9-5-3-8(14)4-6-9)19(17,18)15-7-10(11,12)13/h8-9,15H,2-7,14H2,1H3. The molecule has 9 heteroatoms. The maximum atomic E-state index is 12.1. The third kappa shape index (κ3) is 5.25. The molecule has 0 spiro atoms. The molecule has 0 radical (unpaired) electrons. The third-order valence-corrected chi connectivity index (χ3v) is 4.91. The van der Waals surface area contributed by atoms with Gasteiger partial charge in [0.05, 0.1) is 0 Å². The van der Waals surface area contributed by atoms with Gasteiger partial charge in [-0.1, -0.05) is 6.92 Å². The largest absolute Gasteiger partial charge is 0.402 e. The van der Waals surface area contributed by atoms with Crippen LogP contribution in [0.3, 0.4) is 0 Å². The quantitative estimate of drug-likeness (QED) is 0.795. The Kier molecular flexibility index (Phi) is 5.60. The summed E-state index contributed by atoms with van der Waals surface area (Å²) in [6.07, 6.45) is -2.00. The molecule has 1 saturated carbocycles. The van der Waals surface area contributed by atoms with Crippen molar-refractivity contribution in [3.63, 3.8) is 0 Å². The van der Waals surface area contributed by atoms with Gasteiger partial charge in [0.15, 0.2) is 0 Å². The number of hydrogen-bond donors (Lipinski definition) is 2. The maximum Gasteiger partial charge on any atom is 0.402 e. The van der Waals surface area contributed by atoms with Gasteiger partial charge in [-0.2, -0.15) is 30.6 Å². The van der Waals surface area contributed by atoms with Crippen molar-refractivity contribution in [2.75, 3.05) is 13.1 Å². The summed E-state index contributed by atoms with van der Waals surface area (Å²) >= 11 is 0. The molecule has 5 nitrogen and oxygen atoms in total. The topological polar surface area (TPSA) is 75.4 Å². The fourth-order valence-electron chi connectivity index (χ4n) is 2.27. The van der Waals surface area contributed by atoms with Gasteiger partial charge in [0.25, 0.3) is 10.2 Å². The lowest BCUT2D eigenvalue weighted by Crippen LogP contribution is -2.50. The highest BCUT2D eigenvalue weighted by Crippen LogP contribution is 2.24. The van der Waals surface area contributed by atoms with Crippen molar-refractivity contribution in [2.24, 2.45) is 5.73 Å². The fourth-order valence-corrected chi connectivity index (χ4v) is 3.73. The van der Waals surface area contributed by atoms with Gasteiger partial charge in [0.1, 0.15) is 6.54 Å². The summed E-state index contributed by atoms with van der Waals surface area (Å²) in [5, 5.41) is 0. The first-order valence-electron chi connectivity index (χ1n) is 6.24. The molecule has 1 rings (SSSR count). The van der Waals surface area contributed by atoms with E-state index in [1.54, 1.807) is 11.6 Å². The van der Waals surface area contributed by atoms with E-state index in [0.29, 0.717) is 25.7 Å². The first-order chi connectivity index (χ1) is 8.65. The lowest BCUT2D eigenvalue weighted by Gasteiger charge is -2.34. The summed E-state index contributed by atoms with van der Waals surface area (Å²) in [5.74, 6) is 0. The molecule has 1 aliphatic rings. The molecule has 0 unspecified atom stereocenters. The van der Waals surface area contributed by atoms with Crippen LogP contribution in [0.15, 0.2) is 0 Å². The van der Waals surface area contributed by atoms with Gasteiger partial charge in [-0.05, 0) is 25.7 Å². The van der Waals surface area contributed by atoms with Crippen LogP contribution in [-0.4, -0.2) is 44.1 Å². The Hall–Kier alpha value is -0.380. The number of nitrogens with zero attached hydrogens (tertiary/aromatic N) is 1. The lowest BCUT2D eigenvalue weighted by atomic mass is 9.92. The summed E-state index contributed by atoms with van der Waals surface area (Å²) in [5.41, 5.74) is 5.73. The van der Waals surface area contributed by atoms with Crippen molar-refractivity contribution in [3.05, 3.63) is 0 Å². The van der Waals surface area contributed by atoms with Crippen molar-refractivity contribution in [1.82, 2.24) is 9.03 Å². The fraction of sp³-hybridized carbons (Fsp3) is 1.00. The molecular formula is C10H20F3N3O2S. The summed E-state index contributed by atoms with van der Waals surface area (Å²) < 4.78 is 62.7. The monoisotopic (exact) mass is 303 g/mol. The van der Waals surface area contributed by atoms with E-state index < -0.39 is 22.9 Å². The molecule has 1 aliphatic carbocycles. The zero-order valence-corrected chi connectivity index (χ0v) is 11.6. The van der Waals surface area contributed by atoms with Gasteiger partial charge in [0, 0.05) is 18.6 Å². The number of alkyl halides is 3. The predicted octanol–water partition coefficient (Wildman–Crippen LogP) is 0.975. The third-order valence-electron chi connectivity index (χ3n) is 3.22. The van der Waals surface area contributed by atoms with E-state index in [0.717, 1.165) is 4.31 Å². The molecule has 0 aromatic carbocycles. The molecule has 0 aromatic rings. The van der Waals surface area contributed by atoms with E-state index in [9.17, 15) is 21.6 Å². The molecule has 0 saturated heterocycles. The Bertz CT molecular complexity index is 378. The highest BCUT2D eigenvalue weighted by Gasteiger charge is 2.35. The molecule has 114 valence electrons. The molecule has 0 atom stereocenters. The number of nitrogens with one attached hydrogen (secondary N) is 1. The Morgan fingerprint density at radius 2 is 1.79 bits per heavy atom. The first kappa shape index (κ1) is 16.7. The van der Waals surface area contributed by atoms with E-state index in [1.165, 1.54) is 0 Å². The van der Waals surface area contributed by atoms with E-state index in [4.69, 9.17) is 5.73 Å². The highest BCUT2D eigenvalue weighted by molar-refractivity contribution is 7.87. The summed E-state index contributed by atoms with van der Waals surface area (Å²) in [4.78, 5) is 0. The number of hydrogen-bond acceptors (Lipinski definition) is 3. The maximum absolute atomic E-state index is 12.1. The molecule has 19 heavy (non-hydrogen) atoms. The lowest BCUT2D eigenvalue weighted by molar-refractivity contribution is -0.121. The molecule has 0 heterocycles. The summed E-state index contributed by atoms with van der Waals surface area (Å²) in [6.45, 7) is 0.215. The molecule has 0 amide bonds. The normalized spacial score (nSPS) is 25.8. The number of halogens is 3. The van der Waals surface area contributed by atoms with Crippen molar-refractivity contribution >= 4 is 10.2 Å². The van der Waals surface area contributed by atoms with Crippen LogP contribution in [0.1, 0.15) is 32.6 Å². The average Bonchev–Trinajstić information content (AvgIpc) is 2.29. The van der Waals surface area contributed by atoms with Crippen LogP contribution in [-0.2, 0) is 10.2 Å². The average molecular weight is 303 g/mol. The predicted molar refractivity (Wildman–Crippen MR) is 65.6 cm³/mol. The van der Waals surface area contributed by atoms with Crippen molar-refractivity contribution in [1.29, 1.82) is 0 Å². The Morgan fingerprint density at radius 1 is 1.26 bits per heavy atom. The van der Waals surface area contributed by atoms with E-state index >= 15 is 0 Å². The number of rotatable bonds is 5. The van der Waals surface area contributed by atoms with Crippen LogP contribution in [0.5, 0.6) is 0 Å². The van der Waals surface area contributed by atoms with Crippen molar-refractivity contribution in [3.8, 4) is 0 Å². The van der Waals surface area contributed by atoms with Crippen LogP contribution in [0.25, 0.3) is 0 Å². The van der Waals surface area contributed by atoms with E-state index in [2.05, 4.69) is 0 Å². The summed E-state index contributed by atoms with van der Waals surface area (Å²) in [6, 6.07) is -0.212. The van der Waals surface area contributed by atoms with Crippen molar-refractivity contribution in [2.45, 2.75) is 50.9 Å². The molecule has 1 fully saturated rings. The minimum Gasteiger partial charge on any atom is -0.328 e.